The summed E-state index contributed by atoms with van der Waals surface area (Å²) in [6, 6.07) is 7.71. The van der Waals surface area contributed by atoms with Crippen LogP contribution in [0.15, 0.2) is 24.3 Å². The zero-order valence-corrected chi connectivity index (χ0v) is 12.6. The molecule has 1 aromatic carbocycles. The van der Waals surface area contributed by atoms with Gasteiger partial charge in [-0.2, -0.15) is 0 Å². The minimum absolute atomic E-state index is 0.0437. The quantitative estimate of drug-likeness (QED) is 0.857. The first-order chi connectivity index (χ1) is 10.2. The number of carbonyl (C=O) groups excluding carboxylic acids is 1. The van der Waals surface area contributed by atoms with Crippen molar-refractivity contribution in [2.45, 2.75) is 32.0 Å². The van der Waals surface area contributed by atoms with E-state index >= 15 is 0 Å². The lowest BCUT2D eigenvalue weighted by atomic mass is 10.1. The molecule has 0 saturated carbocycles. The fourth-order valence-electron chi connectivity index (χ4n) is 2.65. The van der Waals surface area contributed by atoms with E-state index in [4.69, 9.17) is 9.47 Å². The van der Waals surface area contributed by atoms with E-state index in [0.717, 1.165) is 11.3 Å². The number of hydrogen-bond acceptors (Lipinski definition) is 4. The summed E-state index contributed by atoms with van der Waals surface area (Å²) in [5.41, 5.74) is 1.02. The van der Waals surface area contributed by atoms with Crippen LogP contribution >= 0.6 is 0 Å². The van der Waals surface area contributed by atoms with Gasteiger partial charge in [0, 0.05) is 26.1 Å². The van der Waals surface area contributed by atoms with Gasteiger partial charge in [0.2, 0.25) is 5.91 Å². The Morgan fingerprint density at radius 2 is 2.14 bits per heavy atom. The van der Waals surface area contributed by atoms with Gasteiger partial charge >= 0.3 is 0 Å². The molecule has 1 heterocycles. The fraction of sp³-hybridized carbons (Fsp3) is 0.562. The van der Waals surface area contributed by atoms with E-state index in [0.29, 0.717) is 32.5 Å². The van der Waals surface area contributed by atoms with Crippen molar-refractivity contribution < 1.29 is 19.4 Å². The Hall–Kier alpha value is -1.59. The number of ether oxygens (including phenoxy) is 2. The third-order valence-electron chi connectivity index (χ3n) is 3.77. The molecule has 116 valence electrons. The molecule has 0 bridgehead atoms. The number of aryl methyl sites for hydroxylation is 1. The van der Waals surface area contributed by atoms with Gasteiger partial charge in [-0.1, -0.05) is 18.2 Å². The fourth-order valence-corrected chi connectivity index (χ4v) is 2.65. The number of methoxy groups -OCH3 is 1. The number of para-hydroxylation sites is 1. The molecule has 0 unspecified atom stereocenters. The Morgan fingerprint density at radius 3 is 2.86 bits per heavy atom. The molecule has 1 fully saturated rings. The molecule has 5 nitrogen and oxygen atoms in total. The summed E-state index contributed by atoms with van der Waals surface area (Å²) in [5, 5.41) is 9.87. The number of nitrogens with zero attached hydrogens (tertiary/aromatic N) is 1. The zero-order valence-electron chi connectivity index (χ0n) is 12.6. The average Bonchev–Trinajstić information content (AvgIpc) is 2.87. The Morgan fingerprint density at radius 1 is 1.38 bits per heavy atom. The van der Waals surface area contributed by atoms with E-state index in [1.54, 1.807) is 12.0 Å². The number of β-amino-alcohol motifs (C(OH)–C–C–N with tert-alkyl or cyclic N) is 1. The van der Waals surface area contributed by atoms with Crippen molar-refractivity contribution in [3.63, 3.8) is 0 Å². The molecule has 1 N–H and O–H groups in total. The highest BCUT2D eigenvalue weighted by molar-refractivity contribution is 5.77. The minimum atomic E-state index is -0.583. The van der Waals surface area contributed by atoms with Crippen LogP contribution in [0.3, 0.4) is 0 Å². The predicted molar refractivity (Wildman–Crippen MR) is 79.3 cm³/mol. The highest BCUT2D eigenvalue weighted by Crippen LogP contribution is 2.20. The summed E-state index contributed by atoms with van der Waals surface area (Å²) in [6.07, 6.45) is 0.200. The van der Waals surface area contributed by atoms with E-state index in [2.05, 4.69) is 0 Å². The van der Waals surface area contributed by atoms with Crippen LogP contribution in [0.1, 0.15) is 18.9 Å². The third kappa shape index (κ3) is 3.95. The lowest BCUT2D eigenvalue weighted by Crippen LogP contribution is -2.30. The molecule has 0 spiro atoms. The van der Waals surface area contributed by atoms with E-state index in [1.165, 1.54) is 0 Å². The molecule has 2 atom stereocenters. The number of carbonyl (C=O) groups is 1. The number of amides is 1. The summed E-state index contributed by atoms with van der Waals surface area (Å²) in [5.74, 6) is 0.848. The number of aliphatic hydroxyl groups excluding tert-OH is 1. The van der Waals surface area contributed by atoms with Crippen LogP contribution in [0.5, 0.6) is 5.75 Å². The van der Waals surface area contributed by atoms with E-state index in [1.807, 2.05) is 31.2 Å². The molecule has 1 aliphatic rings. The summed E-state index contributed by atoms with van der Waals surface area (Å²) in [7, 11) is 1.63. The van der Waals surface area contributed by atoms with Gasteiger partial charge < -0.3 is 19.5 Å². The van der Waals surface area contributed by atoms with Crippen LogP contribution in [0.25, 0.3) is 0 Å². The molecule has 0 aromatic heterocycles. The van der Waals surface area contributed by atoms with Crippen LogP contribution in [-0.2, 0) is 16.0 Å². The maximum absolute atomic E-state index is 12.2. The van der Waals surface area contributed by atoms with Gasteiger partial charge in [0.15, 0.2) is 0 Å². The maximum Gasteiger partial charge on any atom is 0.223 e. The molecule has 1 aromatic rings. The molecule has 5 heteroatoms. The summed E-state index contributed by atoms with van der Waals surface area (Å²) >= 11 is 0. The first kappa shape index (κ1) is 15.8. The van der Waals surface area contributed by atoms with Crippen molar-refractivity contribution in [2.75, 3.05) is 26.8 Å². The molecule has 21 heavy (non-hydrogen) atoms. The Balaban J connectivity index is 1.88. The maximum atomic E-state index is 12.2. The monoisotopic (exact) mass is 293 g/mol. The van der Waals surface area contributed by atoms with E-state index in [-0.39, 0.29) is 12.0 Å². The van der Waals surface area contributed by atoms with Gasteiger partial charge in [-0.25, -0.2) is 0 Å². The largest absolute Gasteiger partial charge is 0.496 e. The summed E-state index contributed by atoms with van der Waals surface area (Å²) in [4.78, 5) is 13.9. The molecule has 0 radical (unpaired) electrons. The zero-order chi connectivity index (χ0) is 15.2. The Kier molecular flexibility index (Phi) is 5.59. The Labute approximate surface area is 125 Å². The number of rotatable bonds is 6. The van der Waals surface area contributed by atoms with Crippen molar-refractivity contribution in [3.05, 3.63) is 29.8 Å². The van der Waals surface area contributed by atoms with Crippen LogP contribution in [0.4, 0.5) is 0 Å². The molecule has 1 amide bonds. The van der Waals surface area contributed by atoms with Crippen LogP contribution in [0, 0.1) is 0 Å². The third-order valence-corrected chi connectivity index (χ3v) is 3.77. The second-order valence-electron chi connectivity index (χ2n) is 5.17. The highest BCUT2D eigenvalue weighted by atomic mass is 16.5. The topological polar surface area (TPSA) is 59.0 Å². The lowest BCUT2D eigenvalue weighted by Gasteiger charge is -2.16. The van der Waals surface area contributed by atoms with Gasteiger partial charge in [-0.15, -0.1) is 0 Å². The first-order valence-electron chi connectivity index (χ1n) is 7.35. The van der Waals surface area contributed by atoms with Crippen LogP contribution in [0.2, 0.25) is 0 Å². The molecule has 2 rings (SSSR count). The molecule has 0 aliphatic carbocycles. The first-order valence-corrected chi connectivity index (χ1v) is 7.35. The molecule has 1 aliphatic heterocycles. The SMILES string of the molecule is CCO[C@H]1CN(C(=O)CCc2ccccc2OC)C[C@@H]1O. The van der Waals surface area contributed by atoms with Gasteiger partial charge in [0.25, 0.3) is 0 Å². The molecule has 1 saturated heterocycles. The summed E-state index contributed by atoms with van der Waals surface area (Å²) in [6.45, 7) is 3.26. The number of aliphatic hydroxyl groups is 1. The van der Waals surface area contributed by atoms with Crippen LogP contribution < -0.4 is 4.74 Å². The standard InChI is InChI=1S/C16H23NO4/c1-3-21-15-11-17(10-13(15)18)16(19)9-8-12-6-4-5-7-14(12)20-2/h4-7,13,15,18H,3,8-11H2,1-2H3/t13-,15-/m0/s1. The normalized spacial score (nSPS) is 21.6. The Bertz CT molecular complexity index is 477. The smallest absolute Gasteiger partial charge is 0.223 e. The van der Waals surface area contributed by atoms with E-state index in [9.17, 15) is 9.90 Å². The minimum Gasteiger partial charge on any atom is -0.496 e. The second-order valence-corrected chi connectivity index (χ2v) is 5.17. The number of benzene rings is 1. The predicted octanol–water partition coefficient (Wildman–Crippen LogP) is 1.24. The van der Waals surface area contributed by atoms with Gasteiger partial charge in [0.05, 0.1) is 13.2 Å². The average molecular weight is 293 g/mol. The van der Waals surface area contributed by atoms with Crippen molar-refractivity contribution in [2.24, 2.45) is 0 Å². The highest BCUT2D eigenvalue weighted by Gasteiger charge is 2.34. The lowest BCUT2D eigenvalue weighted by molar-refractivity contribution is -0.130. The van der Waals surface area contributed by atoms with Crippen molar-refractivity contribution >= 4 is 5.91 Å². The summed E-state index contributed by atoms with van der Waals surface area (Å²) < 4.78 is 10.7. The molecular formula is C16H23NO4. The molecular weight excluding hydrogens is 270 g/mol. The van der Waals surface area contributed by atoms with E-state index < -0.39 is 6.10 Å². The van der Waals surface area contributed by atoms with Gasteiger partial charge in [-0.05, 0) is 25.0 Å². The van der Waals surface area contributed by atoms with Crippen molar-refractivity contribution in [3.8, 4) is 5.75 Å². The van der Waals surface area contributed by atoms with Crippen LogP contribution in [-0.4, -0.2) is 54.9 Å². The second kappa shape index (κ2) is 7.43. The number of hydrogen-bond donors (Lipinski definition) is 1. The number of likely N-dealkylation sites (tertiary alicyclic amines) is 1. The van der Waals surface area contributed by atoms with Crippen molar-refractivity contribution in [1.82, 2.24) is 4.90 Å². The van der Waals surface area contributed by atoms with Gasteiger partial charge in [-0.3, -0.25) is 4.79 Å². The van der Waals surface area contributed by atoms with Gasteiger partial charge in [0.1, 0.15) is 11.9 Å². The van der Waals surface area contributed by atoms with Crippen molar-refractivity contribution in [1.29, 1.82) is 0 Å².